The van der Waals surface area contributed by atoms with E-state index in [1.807, 2.05) is 25.1 Å². The molecule has 0 heterocycles. The van der Waals surface area contributed by atoms with E-state index in [1.165, 1.54) is 12.1 Å². The van der Waals surface area contributed by atoms with E-state index in [4.69, 9.17) is 16.3 Å². The Morgan fingerprint density at radius 2 is 2.05 bits per heavy atom. The molecule has 2 rings (SSSR count). The summed E-state index contributed by atoms with van der Waals surface area (Å²) in [6.45, 7) is 0.262. The first kappa shape index (κ1) is 15.3. The van der Waals surface area contributed by atoms with Gasteiger partial charge in [0, 0.05) is 14.1 Å². The molecule has 0 amide bonds. The average Bonchev–Trinajstić information content (AvgIpc) is 2.44. The van der Waals surface area contributed by atoms with E-state index in [0.29, 0.717) is 10.8 Å². The van der Waals surface area contributed by atoms with Crippen molar-refractivity contribution < 1.29 is 9.13 Å². The lowest BCUT2D eigenvalue weighted by molar-refractivity contribution is 0.306. The number of ether oxygens (including phenoxy) is 1. The van der Waals surface area contributed by atoms with Gasteiger partial charge in [-0.2, -0.15) is 0 Å². The molecule has 0 radical (unpaired) electrons. The monoisotopic (exact) mass is 306 g/mol. The Labute approximate surface area is 128 Å². The Bertz CT molecular complexity index is 644. The second-order valence-corrected chi connectivity index (χ2v) is 5.15. The first-order valence-corrected chi connectivity index (χ1v) is 6.80. The lowest BCUT2D eigenvalue weighted by Crippen LogP contribution is -2.06. The lowest BCUT2D eigenvalue weighted by Gasteiger charge is -2.09. The van der Waals surface area contributed by atoms with Crippen LogP contribution in [0.2, 0.25) is 5.02 Å². The Hall–Kier alpha value is -2.07. The van der Waals surface area contributed by atoms with Crippen LogP contribution in [0.25, 0.3) is 0 Å². The van der Waals surface area contributed by atoms with Crippen LogP contribution >= 0.6 is 11.6 Å². The van der Waals surface area contributed by atoms with Gasteiger partial charge in [0.25, 0.3) is 0 Å². The van der Waals surface area contributed by atoms with Gasteiger partial charge in [0.15, 0.2) is 0 Å². The Kier molecular flexibility index (Phi) is 5.17. The molecule has 110 valence electrons. The normalized spacial score (nSPS) is 10.9. The molecule has 0 aromatic heterocycles. The summed E-state index contributed by atoms with van der Waals surface area (Å²) in [7, 11) is 3.78. The molecular weight excluding hydrogens is 291 g/mol. The van der Waals surface area contributed by atoms with Crippen molar-refractivity contribution in [2.45, 2.75) is 6.61 Å². The van der Waals surface area contributed by atoms with E-state index in [9.17, 15) is 4.39 Å². The van der Waals surface area contributed by atoms with Gasteiger partial charge in [0.1, 0.15) is 18.2 Å². The zero-order valence-electron chi connectivity index (χ0n) is 11.9. The summed E-state index contributed by atoms with van der Waals surface area (Å²) in [4.78, 5) is 6.08. The van der Waals surface area contributed by atoms with Crippen LogP contribution in [0.1, 0.15) is 5.56 Å². The maximum atomic E-state index is 13.1. The third kappa shape index (κ3) is 4.76. The van der Waals surface area contributed by atoms with Gasteiger partial charge in [-0.3, -0.25) is 0 Å². The number of hydrogen-bond donors (Lipinski definition) is 0. The fourth-order valence-corrected chi connectivity index (χ4v) is 1.89. The van der Waals surface area contributed by atoms with Gasteiger partial charge in [0.2, 0.25) is 0 Å². The van der Waals surface area contributed by atoms with Crippen LogP contribution in [-0.2, 0) is 6.61 Å². The second kappa shape index (κ2) is 7.09. The summed E-state index contributed by atoms with van der Waals surface area (Å²) >= 11 is 6.16. The molecule has 2 aromatic rings. The fraction of sp³-hybridized carbons (Fsp3) is 0.188. The van der Waals surface area contributed by atoms with Crippen molar-refractivity contribution in [1.29, 1.82) is 0 Å². The molecule has 0 atom stereocenters. The van der Waals surface area contributed by atoms with Crippen LogP contribution in [0.3, 0.4) is 0 Å². The lowest BCUT2D eigenvalue weighted by atomic mass is 10.2. The molecule has 0 fully saturated rings. The van der Waals surface area contributed by atoms with E-state index in [2.05, 4.69) is 4.99 Å². The molecule has 3 nitrogen and oxygen atoms in total. The predicted octanol–water partition coefficient (Wildman–Crippen LogP) is 4.28. The van der Waals surface area contributed by atoms with Crippen molar-refractivity contribution >= 4 is 23.6 Å². The molecule has 5 heteroatoms. The number of benzene rings is 2. The third-order valence-electron chi connectivity index (χ3n) is 2.64. The number of aliphatic imine (C=N–C) groups is 1. The molecule has 0 unspecified atom stereocenters. The van der Waals surface area contributed by atoms with Crippen molar-refractivity contribution in [1.82, 2.24) is 4.90 Å². The van der Waals surface area contributed by atoms with Crippen molar-refractivity contribution in [2.24, 2.45) is 4.99 Å². The van der Waals surface area contributed by atoms with Gasteiger partial charge in [-0.1, -0.05) is 23.7 Å². The average molecular weight is 307 g/mol. The maximum Gasteiger partial charge on any atom is 0.138 e. The van der Waals surface area contributed by atoms with Gasteiger partial charge in [-0.05, 0) is 35.9 Å². The highest BCUT2D eigenvalue weighted by molar-refractivity contribution is 6.32. The predicted molar refractivity (Wildman–Crippen MR) is 84.0 cm³/mol. The quantitative estimate of drug-likeness (QED) is 0.608. The van der Waals surface area contributed by atoms with Crippen LogP contribution < -0.4 is 4.74 Å². The van der Waals surface area contributed by atoms with Crippen molar-refractivity contribution in [3.05, 3.63) is 58.9 Å². The van der Waals surface area contributed by atoms with Crippen molar-refractivity contribution in [2.75, 3.05) is 14.1 Å². The van der Waals surface area contributed by atoms with Gasteiger partial charge >= 0.3 is 0 Å². The smallest absolute Gasteiger partial charge is 0.138 e. The van der Waals surface area contributed by atoms with Crippen LogP contribution in [0.15, 0.2) is 47.5 Å². The molecule has 0 bridgehead atoms. The highest BCUT2D eigenvalue weighted by atomic mass is 35.5. The topological polar surface area (TPSA) is 24.8 Å². The van der Waals surface area contributed by atoms with Gasteiger partial charge in [-0.25, -0.2) is 9.38 Å². The molecule has 0 N–H and O–H groups in total. The summed E-state index contributed by atoms with van der Waals surface area (Å²) in [5.74, 6) is 0.264. The highest BCUT2D eigenvalue weighted by Gasteiger charge is 2.04. The molecular formula is C16H16ClFN2O. The molecule has 0 aliphatic carbocycles. The number of halogens is 2. The molecule has 0 saturated heterocycles. The van der Waals surface area contributed by atoms with Crippen molar-refractivity contribution in [3.8, 4) is 5.75 Å². The molecule has 0 aliphatic rings. The minimum absolute atomic E-state index is 0.262. The number of hydrogen-bond acceptors (Lipinski definition) is 2. The summed E-state index contributed by atoms with van der Waals surface area (Å²) in [5.41, 5.74) is 1.49. The third-order valence-corrected chi connectivity index (χ3v) is 2.93. The van der Waals surface area contributed by atoms with E-state index in [-0.39, 0.29) is 12.4 Å². The van der Waals surface area contributed by atoms with Crippen LogP contribution in [0, 0.1) is 5.82 Å². The molecule has 0 aliphatic heterocycles. The Morgan fingerprint density at radius 1 is 1.24 bits per heavy atom. The SMILES string of the molecule is CN(C)/C=N/c1ccc(OCc2cccc(F)c2)c(Cl)c1. The summed E-state index contributed by atoms with van der Waals surface area (Å²) in [6.07, 6.45) is 1.69. The zero-order valence-corrected chi connectivity index (χ0v) is 12.6. The van der Waals surface area contributed by atoms with E-state index in [0.717, 1.165) is 11.3 Å². The fourth-order valence-electron chi connectivity index (χ4n) is 1.66. The summed E-state index contributed by atoms with van der Waals surface area (Å²) < 4.78 is 18.7. The van der Waals surface area contributed by atoms with E-state index < -0.39 is 0 Å². The summed E-state index contributed by atoms with van der Waals surface area (Å²) in [6, 6.07) is 11.6. The Balaban J connectivity index is 2.04. The minimum atomic E-state index is -0.282. The largest absolute Gasteiger partial charge is 0.487 e. The number of rotatable bonds is 5. The minimum Gasteiger partial charge on any atom is -0.487 e. The van der Waals surface area contributed by atoms with Gasteiger partial charge in [0.05, 0.1) is 17.0 Å². The van der Waals surface area contributed by atoms with Crippen LogP contribution in [-0.4, -0.2) is 25.3 Å². The van der Waals surface area contributed by atoms with Crippen LogP contribution in [0.4, 0.5) is 10.1 Å². The summed E-state index contributed by atoms with van der Waals surface area (Å²) in [5, 5.41) is 0.472. The number of nitrogens with zero attached hydrogens (tertiary/aromatic N) is 2. The zero-order chi connectivity index (χ0) is 15.2. The molecule has 0 spiro atoms. The standard InChI is InChI=1S/C16H16ClFN2O/c1-20(2)11-19-14-6-7-16(15(17)9-14)21-10-12-4-3-5-13(18)8-12/h3-9,11H,10H2,1-2H3/b19-11+. The molecule has 2 aromatic carbocycles. The second-order valence-electron chi connectivity index (χ2n) is 4.74. The maximum absolute atomic E-state index is 13.1. The molecule has 21 heavy (non-hydrogen) atoms. The first-order chi connectivity index (χ1) is 10.0. The van der Waals surface area contributed by atoms with E-state index >= 15 is 0 Å². The van der Waals surface area contributed by atoms with Crippen LogP contribution in [0.5, 0.6) is 5.75 Å². The van der Waals surface area contributed by atoms with Gasteiger partial charge in [-0.15, -0.1) is 0 Å². The Morgan fingerprint density at radius 3 is 2.71 bits per heavy atom. The molecule has 0 saturated carbocycles. The van der Waals surface area contributed by atoms with Crippen molar-refractivity contribution in [3.63, 3.8) is 0 Å². The van der Waals surface area contributed by atoms with Gasteiger partial charge < -0.3 is 9.64 Å². The highest BCUT2D eigenvalue weighted by Crippen LogP contribution is 2.29. The van der Waals surface area contributed by atoms with E-state index in [1.54, 1.807) is 30.6 Å². The first-order valence-electron chi connectivity index (χ1n) is 6.42.